The van der Waals surface area contributed by atoms with Crippen LogP contribution in [0, 0.1) is 12.7 Å². The molecule has 1 atom stereocenters. The van der Waals surface area contributed by atoms with Gasteiger partial charge in [0.05, 0.1) is 17.4 Å². The van der Waals surface area contributed by atoms with E-state index in [1.54, 1.807) is 17.0 Å². The molecule has 0 radical (unpaired) electrons. The lowest BCUT2D eigenvalue weighted by atomic mass is 10.2. The van der Waals surface area contributed by atoms with E-state index in [0.717, 1.165) is 17.0 Å². The molecule has 1 N–H and O–H groups in total. The molecule has 0 bridgehead atoms. The lowest BCUT2D eigenvalue weighted by Gasteiger charge is -2.09. The largest absolute Gasteiger partial charge is 0.364 e. The maximum Gasteiger partial charge on any atom is 0.125 e. The Bertz CT molecular complexity index is 751. The Morgan fingerprint density at radius 1 is 1.36 bits per heavy atom. The third-order valence-electron chi connectivity index (χ3n) is 3.57. The van der Waals surface area contributed by atoms with Gasteiger partial charge in [0.15, 0.2) is 0 Å². The standard InChI is InChI=1S/C16H17FN4O/c1-11-13(9-18-12(2)16-6-7-22-20-16)10-21(19-11)15-5-3-4-14(17)8-15/h3-8,10,12,18H,9H2,1-2H3. The topological polar surface area (TPSA) is 55.9 Å². The summed E-state index contributed by atoms with van der Waals surface area (Å²) in [6, 6.07) is 8.29. The molecule has 0 saturated heterocycles. The van der Waals surface area contributed by atoms with Crippen molar-refractivity contribution in [3.63, 3.8) is 0 Å². The Kier molecular flexibility index (Phi) is 4.02. The smallest absolute Gasteiger partial charge is 0.125 e. The number of hydrogen-bond donors (Lipinski definition) is 1. The van der Waals surface area contributed by atoms with E-state index in [1.165, 1.54) is 12.1 Å². The highest BCUT2D eigenvalue weighted by molar-refractivity contribution is 5.33. The van der Waals surface area contributed by atoms with Gasteiger partial charge in [-0.25, -0.2) is 9.07 Å². The summed E-state index contributed by atoms with van der Waals surface area (Å²) in [5.41, 5.74) is 3.53. The van der Waals surface area contributed by atoms with E-state index >= 15 is 0 Å². The zero-order chi connectivity index (χ0) is 15.5. The fraction of sp³-hybridized carbons (Fsp3) is 0.250. The maximum absolute atomic E-state index is 13.3. The molecule has 0 saturated carbocycles. The molecular weight excluding hydrogens is 283 g/mol. The predicted molar refractivity (Wildman–Crippen MR) is 80.0 cm³/mol. The molecule has 3 aromatic rings. The molecule has 3 rings (SSSR count). The van der Waals surface area contributed by atoms with Gasteiger partial charge in [-0.3, -0.25) is 0 Å². The van der Waals surface area contributed by atoms with Crippen LogP contribution in [0.5, 0.6) is 0 Å². The van der Waals surface area contributed by atoms with Crippen molar-refractivity contribution in [3.8, 4) is 5.69 Å². The minimum Gasteiger partial charge on any atom is -0.364 e. The normalized spacial score (nSPS) is 12.5. The number of benzene rings is 1. The van der Waals surface area contributed by atoms with Crippen LogP contribution in [-0.4, -0.2) is 14.9 Å². The molecule has 1 unspecified atom stereocenters. The third kappa shape index (κ3) is 3.07. The van der Waals surface area contributed by atoms with E-state index in [2.05, 4.69) is 15.6 Å². The van der Waals surface area contributed by atoms with E-state index in [1.807, 2.05) is 32.2 Å². The second kappa shape index (κ2) is 6.11. The van der Waals surface area contributed by atoms with Crippen molar-refractivity contribution in [2.45, 2.75) is 26.4 Å². The lowest BCUT2D eigenvalue weighted by Crippen LogP contribution is -2.18. The number of hydrogen-bond acceptors (Lipinski definition) is 4. The first kappa shape index (κ1) is 14.5. The molecule has 0 fully saturated rings. The van der Waals surface area contributed by atoms with E-state index in [4.69, 9.17) is 4.52 Å². The summed E-state index contributed by atoms with van der Waals surface area (Å²) in [4.78, 5) is 0. The Morgan fingerprint density at radius 2 is 2.23 bits per heavy atom. The number of nitrogens with zero attached hydrogens (tertiary/aromatic N) is 3. The number of aryl methyl sites for hydroxylation is 1. The zero-order valence-electron chi connectivity index (χ0n) is 12.5. The van der Waals surface area contributed by atoms with Crippen molar-refractivity contribution in [1.82, 2.24) is 20.3 Å². The van der Waals surface area contributed by atoms with Crippen LogP contribution < -0.4 is 5.32 Å². The minimum atomic E-state index is -0.273. The monoisotopic (exact) mass is 300 g/mol. The first-order valence-corrected chi connectivity index (χ1v) is 7.08. The van der Waals surface area contributed by atoms with Crippen LogP contribution >= 0.6 is 0 Å². The first-order chi connectivity index (χ1) is 10.6. The van der Waals surface area contributed by atoms with Gasteiger partial charge in [0.25, 0.3) is 0 Å². The van der Waals surface area contributed by atoms with Crippen LogP contribution in [-0.2, 0) is 6.54 Å². The number of aromatic nitrogens is 3. The molecule has 1 aromatic carbocycles. The average Bonchev–Trinajstić information content (AvgIpc) is 3.14. The number of nitrogens with one attached hydrogen (secondary N) is 1. The highest BCUT2D eigenvalue weighted by atomic mass is 19.1. The molecule has 22 heavy (non-hydrogen) atoms. The van der Waals surface area contributed by atoms with Gasteiger partial charge in [0, 0.05) is 24.4 Å². The van der Waals surface area contributed by atoms with E-state index in [0.29, 0.717) is 12.2 Å². The molecule has 0 amide bonds. The second-order valence-corrected chi connectivity index (χ2v) is 5.19. The van der Waals surface area contributed by atoms with Crippen molar-refractivity contribution < 1.29 is 8.91 Å². The van der Waals surface area contributed by atoms with Gasteiger partial charge in [-0.2, -0.15) is 5.10 Å². The van der Waals surface area contributed by atoms with E-state index in [9.17, 15) is 4.39 Å². The molecule has 2 heterocycles. The Hall–Kier alpha value is -2.47. The van der Waals surface area contributed by atoms with E-state index in [-0.39, 0.29) is 11.9 Å². The Morgan fingerprint density at radius 3 is 2.95 bits per heavy atom. The molecular formula is C16H17FN4O. The summed E-state index contributed by atoms with van der Waals surface area (Å²) < 4.78 is 19.8. The molecule has 6 heteroatoms. The molecule has 0 spiro atoms. The summed E-state index contributed by atoms with van der Waals surface area (Å²) in [7, 11) is 0. The fourth-order valence-corrected chi connectivity index (χ4v) is 2.23. The molecule has 0 aliphatic heterocycles. The molecule has 114 valence electrons. The first-order valence-electron chi connectivity index (χ1n) is 7.08. The average molecular weight is 300 g/mol. The summed E-state index contributed by atoms with van der Waals surface area (Å²) >= 11 is 0. The fourth-order valence-electron chi connectivity index (χ4n) is 2.23. The maximum atomic E-state index is 13.3. The molecule has 5 nitrogen and oxygen atoms in total. The summed E-state index contributed by atoms with van der Waals surface area (Å²) in [6.07, 6.45) is 3.47. The van der Waals surface area contributed by atoms with Gasteiger partial charge in [-0.05, 0) is 32.0 Å². The summed E-state index contributed by atoms with van der Waals surface area (Å²) in [5.74, 6) is -0.273. The molecule has 2 aromatic heterocycles. The van der Waals surface area contributed by atoms with Crippen LogP contribution in [0.25, 0.3) is 5.69 Å². The number of rotatable bonds is 5. The van der Waals surface area contributed by atoms with Crippen molar-refractivity contribution in [2.75, 3.05) is 0 Å². The lowest BCUT2D eigenvalue weighted by molar-refractivity contribution is 0.399. The van der Waals surface area contributed by atoms with Crippen molar-refractivity contribution in [1.29, 1.82) is 0 Å². The Balaban J connectivity index is 1.73. The van der Waals surface area contributed by atoms with Gasteiger partial charge >= 0.3 is 0 Å². The van der Waals surface area contributed by atoms with Crippen LogP contribution in [0.4, 0.5) is 4.39 Å². The Labute approximate surface area is 127 Å². The van der Waals surface area contributed by atoms with Crippen molar-refractivity contribution in [2.24, 2.45) is 0 Å². The van der Waals surface area contributed by atoms with Gasteiger partial charge < -0.3 is 9.84 Å². The van der Waals surface area contributed by atoms with Crippen LogP contribution in [0.2, 0.25) is 0 Å². The zero-order valence-corrected chi connectivity index (χ0v) is 12.5. The number of halogens is 1. The second-order valence-electron chi connectivity index (χ2n) is 5.19. The van der Waals surface area contributed by atoms with Crippen molar-refractivity contribution in [3.05, 3.63) is 65.6 Å². The van der Waals surface area contributed by atoms with Crippen LogP contribution in [0.1, 0.15) is 29.9 Å². The summed E-state index contributed by atoms with van der Waals surface area (Å²) in [5, 5.41) is 11.7. The van der Waals surface area contributed by atoms with E-state index < -0.39 is 0 Å². The molecule has 0 aliphatic carbocycles. The van der Waals surface area contributed by atoms with Crippen LogP contribution in [0.3, 0.4) is 0 Å². The third-order valence-corrected chi connectivity index (χ3v) is 3.57. The SMILES string of the molecule is Cc1nn(-c2cccc(F)c2)cc1CNC(C)c1ccon1. The van der Waals surface area contributed by atoms with Crippen molar-refractivity contribution >= 4 is 0 Å². The highest BCUT2D eigenvalue weighted by Crippen LogP contribution is 2.15. The predicted octanol–water partition coefficient (Wildman–Crippen LogP) is 3.16. The highest BCUT2D eigenvalue weighted by Gasteiger charge is 2.11. The van der Waals surface area contributed by atoms with Gasteiger partial charge in [0.2, 0.25) is 0 Å². The van der Waals surface area contributed by atoms with Gasteiger partial charge in [-0.15, -0.1) is 0 Å². The van der Waals surface area contributed by atoms with Crippen LogP contribution in [0.15, 0.2) is 47.3 Å². The van der Waals surface area contributed by atoms with Gasteiger partial charge in [0.1, 0.15) is 17.8 Å². The minimum absolute atomic E-state index is 0.0793. The quantitative estimate of drug-likeness (QED) is 0.786. The summed E-state index contributed by atoms with van der Waals surface area (Å²) in [6.45, 7) is 4.60. The molecule has 0 aliphatic rings. The van der Waals surface area contributed by atoms with Gasteiger partial charge in [-0.1, -0.05) is 11.2 Å².